The number of rotatable bonds is 1. The molecule has 84 valence electrons. The summed E-state index contributed by atoms with van der Waals surface area (Å²) in [5, 5.41) is 8.59. The second-order valence-electron chi connectivity index (χ2n) is 2.73. The van der Waals surface area contributed by atoms with Crippen molar-refractivity contribution in [3.63, 3.8) is 0 Å². The van der Waals surface area contributed by atoms with Gasteiger partial charge in [-0.1, -0.05) is 34.8 Å². The monoisotopic (exact) mass is 278 g/mol. The number of halogens is 6. The van der Waals surface area contributed by atoms with Crippen molar-refractivity contribution in [1.29, 1.82) is 0 Å². The molecule has 0 fully saturated rings. The summed E-state index contributed by atoms with van der Waals surface area (Å²) in [6.45, 7) is 0. The van der Waals surface area contributed by atoms with E-state index in [9.17, 15) is 13.2 Å². The van der Waals surface area contributed by atoms with Gasteiger partial charge in [0.25, 0.3) is 0 Å². The van der Waals surface area contributed by atoms with Crippen molar-refractivity contribution < 1.29 is 18.3 Å². The Labute approximate surface area is 98.4 Å². The summed E-state index contributed by atoms with van der Waals surface area (Å²) in [4.78, 5) is 0. The van der Waals surface area contributed by atoms with Crippen LogP contribution in [0.5, 0.6) is 0 Å². The normalized spacial score (nSPS) is 14.1. The Kier molecular flexibility index (Phi) is 3.76. The van der Waals surface area contributed by atoms with E-state index in [4.69, 9.17) is 39.9 Å². The van der Waals surface area contributed by atoms with Gasteiger partial charge in [0.1, 0.15) is 0 Å². The lowest BCUT2D eigenvalue weighted by atomic mass is 10.1. The summed E-state index contributed by atoms with van der Waals surface area (Å²) >= 11 is 16.5. The van der Waals surface area contributed by atoms with Gasteiger partial charge in [0.2, 0.25) is 0 Å². The molecule has 1 N–H and O–H groups in total. The molecule has 15 heavy (non-hydrogen) atoms. The molecule has 1 rings (SSSR count). The Hall–Kier alpha value is -0.160. The van der Waals surface area contributed by atoms with Crippen LogP contribution in [0.1, 0.15) is 11.7 Å². The van der Waals surface area contributed by atoms with Crippen LogP contribution in [0.2, 0.25) is 15.1 Å². The van der Waals surface area contributed by atoms with E-state index in [-0.39, 0.29) is 15.1 Å². The molecule has 0 spiro atoms. The van der Waals surface area contributed by atoms with Crippen molar-refractivity contribution in [2.45, 2.75) is 12.3 Å². The summed E-state index contributed by atoms with van der Waals surface area (Å²) in [5.41, 5.74) is -0.515. The average Bonchev–Trinajstić information content (AvgIpc) is 2.08. The van der Waals surface area contributed by atoms with Crippen LogP contribution in [-0.4, -0.2) is 11.3 Å². The van der Waals surface area contributed by atoms with Gasteiger partial charge in [-0.25, -0.2) is 0 Å². The zero-order chi connectivity index (χ0) is 11.8. The Morgan fingerprint density at radius 3 is 1.93 bits per heavy atom. The molecule has 1 nitrogen and oxygen atoms in total. The number of alkyl halides is 3. The summed E-state index contributed by atoms with van der Waals surface area (Å²) in [7, 11) is 0. The molecular formula is C8H4Cl3F3O. The van der Waals surface area contributed by atoms with Crippen LogP contribution >= 0.6 is 34.8 Å². The molecule has 0 aliphatic carbocycles. The van der Waals surface area contributed by atoms with E-state index in [1.807, 2.05) is 0 Å². The second-order valence-corrected chi connectivity index (χ2v) is 3.95. The Bertz CT molecular complexity index is 378. The molecule has 0 radical (unpaired) electrons. The van der Waals surface area contributed by atoms with E-state index in [1.165, 1.54) is 0 Å². The van der Waals surface area contributed by atoms with E-state index < -0.39 is 17.8 Å². The van der Waals surface area contributed by atoms with Crippen molar-refractivity contribution in [3.05, 3.63) is 32.8 Å². The highest BCUT2D eigenvalue weighted by molar-refractivity contribution is 6.43. The molecule has 0 aromatic heterocycles. The maximum absolute atomic E-state index is 12.2. The Morgan fingerprint density at radius 2 is 1.47 bits per heavy atom. The minimum Gasteiger partial charge on any atom is -0.379 e. The van der Waals surface area contributed by atoms with Crippen molar-refractivity contribution in [3.8, 4) is 0 Å². The number of hydrogen-bond donors (Lipinski definition) is 1. The van der Waals surface area contributed by atoms with Gasteiger partial charge in [-0.15, -0.1) is 0 Å². The SMILES string of the molecule is O[C@@H](c1cc(Cl)c(Cl)cc1Cl)C(F)(F)F. The van der Waals surface area contributed by atoms with Crippen LogP contribution in [0, 0.1) is 0 Å². The minimum absolute atomic E-state index is 0.0276. The van der Waals surface area contributed by atoms with Gasteiger partial charge in [0.15, 0.2) is 6.10 Å². The molecule has 0 saturated heterocycles. The first-order valence-electron chi connectivity index (χ1n) is 3.62. The summed E-state index contributed by atoms with van der Waals surface area (Å²) in [6, 6.07) is 1.94. The van der Waals surface area contributed by atoms with Crippen LogP contribution in [-0.2, 0) is 0 Å². The molecule has 0 aliphatic heterocycles. The maximum Gasteiger partial charge on any atom is 0.418 e. The highest BCUT2D eigenvalue weighted by Crippen LogP contribution is 2.39. The van der Waals surface area contributed by atoms with Gasteiger partial charge in [-0.05, 0) is 12.1 Å². The summed E-state index contributed by atoms with van der Waals surface area (Å²) in [5.74, 6) is 0. The molecule has 0 heterocycles. The quantitative estimate of drug-likeness (QED) is 0.762. The zero-order valence-corrected chi connectivity index (χ0v) is 9.21. The highest BCUT2D eigenvalue weighted by atomic mass is 35.5. The van der Waals surface area contributed by atoms with Crippen LogP contribution in [0.25, 0.3) is 0 Å². The largest absolute Gasteiger partial charge is 0.418 e. The van der Waals surface area contributed by atoms with Crippen molar-refractivity contribution in [2.24, 2.45) is 0 Å². The van der Waals surface area contributed by atoms with Gasteiger partial charge < -0.3 is 5.11 Å². The summed E-state index contributed by atoms with van der Waals surface area (Å²) in [6.07, 6.45) is -7.46. The molecule has 0 bridgehead atoms. The van der Waals surface area contributed by atoms with Crippen LogP contribution in [0.3, 0.4) is 0 Å². The lowest BCUT2D eigenvalue weighted by molar-refractivity contribution is -0.206. The molecule has 0 unspecified atom stereocenters. The molecule has 1 aromatic carbocycles. The lowest BCUT2D eigenvalue weighted by Crippen LogP contribution is -2.20. The van der Waals surface area contributed by atoms with Gasteiger partial charge in [0, 0.05) is 10.6 Å². The number of hydrogen-bond acceptors (Lipinski definition) is 1. The topological polar surface area (TPSA) is 20.2 Å². The lowest BCUT2D eigenvalue weighted by Gasteiger charge is -2.16. The number of aliphatic hydroxyl groups is 1. The minimum atomic E-state index is -4.79. The van der Waals surface area contributed by atoms with E-state index in [0.29, 0.717) is 0 Å². The van der Waals surface area contributed by atoms with E-state index in [1.54, 1.807) is 0 Å². The van der Waals surface area contributed by atoms with Crippen molar-refractivity contribution >= 4 is 34.8 Å². The molecule has 0 aliphatic rings. The molecule has 1 atom stereocenters. The predicted molar refractivity (Wildman–Crippen MR) is 52.5 cm³/mol. The van der Waals surface area contributed by atoms with Gasteiger partial charge >= 0.3 is 6.18 Å². The van der Waals surface area contributed by atoms with Crippen molar-refractivity contribution in [1.82, 2.24) is 0 Å². The van der Waals surface area contributed by atoms with E-state index >= 15 is 0 Å². The van der Waals surface area contributed by atoms with E-state index in [0.717, 1.165) is 12.1 Å². The predicted octanol–water partition coefficient (Wildman–Crippen LogP) is 4.24. The maximum atomic E-state index is 12.2. The van der Waals surface area contributed by atoms with Crippen LogP contribution in [0.4, 0.5) is 13.2 Å². The molecule has 1 aromatic rings. The molecule has 0 saturated carbocycles. The third-order valence-corrected chi connectivity index (χ3v) is 2.69. The summed E-state index contributed by atoms with van der Waals surface area (Å²) < 4.78 is 36.5. The Balaban J connectivity index is 3.21. The van der Waals surface area contributed by atoms with Crippen molar-refractivity contribution in [2.75, 3.05) is 0 Å². The average molecular weight is 279 g/mol. The second kappa shape index (κ2) is 4.37. The third kappa shape index (κ3) is 2.91. The fourth-order valence-electron chi connectivity index (χ4n) is 0.924. The van der Waals surface area contributed by atoms with Gasteiger partial charge in [0.05, 0.1) is 10.0 Å². The smallest absolute Gasteiger partial charge is 0.379 e. The molecule has 7 heteroatoms. The molecular weight excluding hydrogens is 275 g/mol. The third-order valence-electron chi connectivity index (χ3n) is 1.64. The first kappa shape index (κ1) is 12.9. The van der Waals surface area contributed by atoms with Gasteiger partial charge in [-0.3, -0.25) is 0 Å². The Morgan fingerprint density at radius 1 is 1.00 bits per heavy atom. The zero-order valence-electron chi connectivity index (χ0n) is 6.95. The van der Waals surface area contributed by atoms with Crippen LogP contribution in [0.15, 0.2) is 12.1 Å². The van der Waals surface area contributed by atoms with Crippen LogP contribution < -0.4 is 0 Å². The highest BCUT2D eigenvalue weighted by Gasteiger charge is 2.40. The molecule has 0 amide bonds. The van der Waals surface area contributed by atoms with Gasteiger partial charge in [-0.2, -0.15) is 13.2 Å². The fourth-order valence-corrected chi connectivity index (χ4v) is 1.58. The number of aliphatic hydroxyl groups excluding tert-OH is 1. The first-order chi connectivity index (χ1) is 6.73. The van der Waals surface area contributed by atoms with E-state index in [2.05, 4.69) is 0 Å². The number of benzene rings is 1. The first-order valence-corrected chi connectivity index (χ1v) is 4.76. The fraction of sp³-hybridized carbons (Fsp3) is 0.250. The standard InChI is InChI=1S/C8H4Cl3F3O/c9-4-2-6(11)5(10)1-3(4)7(15)8(12,13)14/h1-2,7,15H/t7-/m0/s1.